The number of nitrogens with zero attached hydrogens (tertiary/aromatic N) is 1. The third kappa shape index (κ3) is 4.41. The summed E-state index contributed by atoms with van der Waals surface area (Å²) in [4.78, 5) is 12.8. The molecule has 0 radical (unpaired) electrons. The van der Waals surface area contributed by atoms with E-state index in [-0.39, 0.29) is 24.2 Å². The summed E-state index contributed by atoms with van der Waals surface area (Å²) in [5, 5.41) is 13.5. The highest BCUT2D eigenvalue weighted by molar-refractivity contribution is 6.09. The number of fused-ring (bicyclic) bond motifs is 1. The van der Waals surface area contributed by atoms with E-state index in [1.807, 2.05) is 75.5 Å². The van der Waals surface area contributed by atoms with Crippen molar-refractivity contribution in [2.75, 3.05) is 6.54 Å². The van der Waals surface area contributed by atoms with E-state index < -0.39 is 6.10 Å². The molecule has 0 amide bonds. The molecule has 0 bridgehead atoms. The smallest absolute Gasteiger partial charge is 0.170 e. The number of para-hydroxylation sites is 1. The molecule has 3 aromatic rings. The molecule has 0 aliphatic heterocycles. The Morgan fingerprint density at radius 1 is 1.11 bits per heavy atom. The molecule has 2 unspecified atom stereocenters. The second-order valence-corrected chi connectivity index (χ2v) is 6.95. The molecule has 5 heteroatoms. The normalized spacial score (nSPS) is 13.2. The fourth-order valence-corrected chi connectivity index (χ4v) is 3.56. The molecule has 2 aromatic carbocycles. The van der Waals surface area contributed by atoms with Gasteiger partial charge in [0, 0.05) is 29.2 Å². The maximum absolute atomic E-state index is 12.8. The highest BCUT2D eigenvalue weighted by atomic mass is 35.5. The van der Waals surface area contributed by atoms with Crippen LogP contribution in [0.2, 0.25) is 0 Å². The summed E-state index contributed by atoms with van der Waals surface area (Å²) in [7, 11) is 2.00. The van der Waals surface area contributed by atoms with Gasteiger partial charge in [0.2, 0.25) is 0 Å². The second-order valence-electron chi connectivity index (χ2n) is 6.95. The lowest BCUT2D eigenvalue weighted by Gasteiger charge is -2.17. The molecule has 0 saturated carbocycles. The van der Waals surface area contributed by atoms with Crippen LogP contribution >= 0.6 is 0 Å². The van der Waals surface area contributed by atoms with Gasteiger partial charge >= 0.3 is 0 Å². The van der Waals surface area contributed by atoms with Crippen molar-refractivity contribution in [1.29, 1.82) is 0 Å². The zero-order valence-electron chi connectivity index (χ0n) is 16.0. The Hall–Kier alpha value is -2.14. The van der Waals surface area contributed by atoms with Gasteiger partial charge < -0.3 is 27.4 Å². The number of benzene rings is 2. The van der Waals surface area contributed by atoms with E-state index in [9.17, 15) is 9.90 Å². The quantitative estimate of drug-likeness (QED) is 0.550. The van der Waals surface area contributed by atoms with Gasteiger partial charge in [0.15, 0.2) is 5.78 Å². The number of nitrogens with two attached hydrogens (primary N) is 1. The highest BCUT2D eigenvalue weighted by Crippen LogP contribution is 2.25. The van der Waals surface area contributed by atoms with Crippen molar-refractivity contribution < 1.29 is 27.6 Å². The third-order valence-electron chi connectivity index (χ3n) is 5.23. The largest absolute Gasteiger partial charge is 1.00 e. The van der Waals surface area contributed by atoms with Crippen LogP contribution in [0.15, 0.2) is 54.6 Å². The van der Waals surface area contributed by atoms with Crippen molar-refractivity contribution in [3.63, 3.8) is 0 Å². The zero-order valence-corrected chi connectivity index (χ0v) is 16.8. The lowest BCUT2D eigenvalue weighted by Crippen LogP contribution is -3.00. The van der Waals surface area contributed by atoms with Gasteiger partial charge in [-0.05, 0) is 25.5 Å². The molecule has 1 aromatic heterocycles. The molecule has 0 spiro atoms. The summed E-state index contributed by atoms with van der Waals surface area (Å²) in [5.74, 6) is 0.164. The van der Waals surface area contributed by atoms with Crippen LogP contribution in [-0.2, 0) is 7.05 Å². The van der Waals surface area contributed by atoms with E-state index in [0.717, 1.165) is 27.7 Å². The van der Waals surface area contributed by atoms with Gasteiger partial charge in [-0.15, -0.1) is 0 Å². The van der Waals surface area contributed by atoms with E-state index in [0.29, 0.717) is 13.0 Å². The predicted molar refractivity (Wildman–Crippen MR) is 104 cm³/mol. The Morgan fingerprint density at radius 3 is 2.44 bits per heavy atom. The first kappa shape index (κ1) is 21.2. The monoisotopic (exact) mass is 386 g/mol. The number of rotatable bonds is 7. The summed E-state index contributed by atoms with van der Waals surface area (Å²) < 4.78 is 2.08. The third-order valence-corrected chi connectivity index (χ3v) is 5.23. The van der Waals surface area contributed by atoms with Crippen molar-refractivity contribution >= 4 is 16.7 Å². The number of carbonyl (C=O) groups is 1. The fourth-order valence-electron chi connectivity index (χ4n) is 3.56. The number of ketones is 1. The van der Waals surface area contributed by atoms with Crippen LogP contribution < -0.4 is 17.7 Å². The number of halogens is 1. The Balaban J connectivity index is 0.00000261. The average Bonchev–Trinajstić information content (AvgIpc) is 2.92. The molecule has 4 nitrogen and oxygen atoms in total. The van der Waals surface area contributed by atoms with E-state index in [2.05, 4.69) is 9.88 Å². The SMILES string of the molecule is Cc1c(C(=O)CC[NH2+]C(C)C(O)c2ccccc2)c2ccccc2n1C.[Cl-]. The molecule has 0 fully saturated rings. The van der Waals surface area contributed by atoms with Crippen molar-refractivity contribution in [3.05, 3.63) is 71.4 Å². The predicted octanol–water partition coefficient (Wildman–Crippen LogP) is -0.251. The van der Waals surface area contributed by atoms with E-state index in [1.165, 1.54) is 0 Å². The Kier molecular flexibility index (Phi) is 7.19. The van der Waals surface area contributed by atoms with Crippen LogP contribution in [0.25, 0.3) is 10.9 Å². The molecule has 27 heavy (non-hydrogen) atoms. The molecule has 3 N–H and O–H groups in total. The van der Waals surface area contributed by atoms with Crippen molar-refractivity contribution in [3.8, 4) is 0 Å². The number of carbonyl (C=O) groups excluding carboxylic acids is 1. The van der Waals surface area contributed by atoms with Crippen LogP contribution in [0.3, 0.4) is 0 Å². The number of quaternary nitrogens is 1. The summed E-state index contributed by atoms with van der Waals surface area (Å²) in [5.41, 5.74) is 3.83. The maximum Gasteiger partial charge on any atom is 0.170 e. The van der Waals surface area contributed by atoms with E-state index >= 15 is 0 Å². The Morgan fingerprint density at radius 2 is 1.74 bits per heavy atom. The maximum atomic E-state index is 12.8. The first-order valence-electron chi connectivity index (χ1n) is 9.14. The van der Waals surface area contributed by atoms with Gasteiger partial charge in [-0.2, -0.15) is 0 Å². The molecule has 0 saturated heterocycles. The van der Waals surface area contributed by atoms with Gasteiger partial charge in [-0.1, -0.05) is 48.5 Å². The first-order chi connectivity index (χ1) is 12.5. The Labute approximate surface area is 166 Å². The number of Topliss-reactive ketones (excluding diaryl/α,β-unsaturated/α-hetero) is 1. The van der Waals surface area contributed by atoms with Crippen LogP contribution in [0.1, 0.15) is 41.1 Å². The minimum atomic E-state index is -0.536. The van der Waals surface area contributed by atoms with Gasteiger partial charge in [-0.25, -0.2) is 0 Å². The Bertz CT molecular complexity index is 905. The zero-order chi connectivity index (χ0) is 18.7. The number of hydrogen-bond acceptors (Lipinski definition) is 2. The lowest BCUT2D eigenvalue weighted by molar-refractivity contribution is -0.693. The molecule has 2 atom stereocenters. The number of hydrogen-bond donors (Lipinski definition) is 2. The number of aromatic nitrogens is 1. The summed E-state index contributed by atoms with van der Waals surface area (Å²) in [6.07, 6.45) is -0.0775. The van der Waals surface area contributed by atoms with Crippen LogP contribution in [0.5, 0.6) is 0 Å². The second kappa shape index (κ2) is 9.18. The molecule has 0 aliphatic carbocycles. The molecular formula is C22H27ClN2O2. The molecule has 3 rings (SSSR count). The topological polar surface area (TPSA) is 58.8 Å². The summed E-state index contributed by atoms with van der Waals surface area (Å²) in [6, 6.07) is 17.7. The molecular weight excluding hydrogens is 360 g/mol. The van der Waals surface area contributed by atoms with Crippen LogP contribution in [0, 0.1) is 6.92 Å². The number of aliphatic hydroxyl groups is 1. The minimum Gasteiger partial charge on any atom is -1.00 e. The van der Waals surface area contributed by atoms with Gasteiger partial charge in [-0.3, -0.25) is 4.79 Å². The van der Waals surface area contributed by atoms with Crippen molar-refractivity contribution in [2.24, 2.45) is 7.05 Å². The van der Waals surface area contributed by atoms with Gasteiger partial charge in [0.1, 0.15) is 12.1 Å². The van der Waals surface area contributed by atoms with E-state index in [4.69, 9.17) is 0 Å². The minimum absolute atomic E-state index is 0. The fraction of sp³-hybridized carbons (Fsp3) is 0.318. The molecule has 1 heterocycles. The molecule has 144 valence electrons. The van der Waals surface area contributed by atoms with Gasteiger partial charge in [0.05, 0.1) is 13.0 Å². The van der Waals surface area contributed by atoms with E-state index in [1.54, 1.807) is 0 Å². The van der Waals surface area contributed by atoms with Crippen molar-refractivity contribution in [2.45, 2.75) is 32.4 Å². The summed E-state index contributed by atoms with van der Waals surface area (Å²) in [6.45, 7) is 4.65. The average molecular weight is 387 g/mol. The van der Waals surface area contributed by atoms with Gasteiger partial charge in [0.25, 0.3) is 0 Å². The standard InChI is InChI=1S/C22H26N2O2.ClH/c1-15(22(26)17-9-5-4-6-10-17)23-14-13-20(25)21-16(2)24(3)19-12-8-7-11-18(19)21;/h4-12,15,22-23,26H,13-14H2,1-3H3;1H. The lowest BCUT2D eigenvalue weighted by atomic mass is 10.0. The molecule has 0 aliphatic rings. The number of aryl methyl sites for hydroxylation is 1. The summed E-state index contributed by atoms with van der Waals surface area (Å²) >= 11 is 0. The first-order valence-corrected chi connectivity index (χ1v) is 9.14. The number of aliphatic hydroxyl groups excluding tert-OH is 1. The highest BCUT2D eigenvalue weighted by Gasteiger charge is 2.21. The van der Waals surface area contributed by atoms with Crippen LogP contribution in [-0.4, -0.2) is 28.0 Å². The van der Waals surface area contributed by atoms with Crippen molar-refractivity contribution in [1.82, 2.24) is 4.57 Å². The van der Waals surface area contributed by atoms with Crippen LogP contribution in [0.4, 0.5) is 0 Å².